The molecule has 0 radical (unpaired) electrons. The summed E-state index contributed by atoms with van der Waals surface area (Å²) in [4.78, 5) is 12.6. The van der Waals surface area contributed by atoms with Gasteiger partial charge in [0.25, 0.3) is 11.3 Å². The zero-order valence-electron chi connectivity index (χ0n) is 12.0. The van der Waals surface area contributed by atoms with E-state index in [4.69, 9.17) is 5.26 Å². The van der Waals surface area contributed by atoms with Gasteiger partial charge in [-0.05, 0) is 37.1 Å². The van der Waals surface area contributed by atoms with Crippen LogP contribution >= 0.6 is 11.8 Å². The van der Waals surface area contributed by atoms with Gasteiger partial charge < -0.3 is 0 Å². The molecule has 0 aliphatic carbocycles. The number of rotatable bonds is 4. The van der Waals surface area contributed by atoms with E-state index in [0.717, 1.165) is 5.56 Å². The monoisotopic (exact) mass is 321 g/mol. The smallest absolute Gasteiger partial charge is 0.266 e. The van der Waals surface area contributed by atoms with Gasteiger partial charge in [-0.2, -0.15) is 19.1 Å². The number of thioether (sulfide) groups is 1. The number of benzene rings is 1. The molecular formula is C15H13F2N3OS. The summed E-state index contributed by atoms with van der Waals surface area (Å²) in [5.74, 6) is -2.46. The van der Waals surface area contributed by atoms with E-state index in [1.165, 1.54) is 4.68 Å². The van der Waals surface area contributed by atoms with Gasteiger partial charge in [0, 0.05) is 4.90 Å². The summed E-state index contributed by atoms with van der Waals surface area (Å²) in [7, 11) is 0. The molecule has 0 saturated heterocycles. The highest BCUT2D eigenvalue weighted by molar-refractivity contribution is 7.99. The van der Waals surface area contributed by atoms with Crippen molar-refractivity contribution < 1.29 is 8.78 Å². The summed E-state index contributed by atoms with van der Waals surface area (Å²) in [6.07, 6.45) is 0. The lowest BCUT2D eigenvalue weighted by atomic mass is 10.1. The maximum atomic E-state index is 12.3. The fraction of sp³-hybridized carbons (Fsp3) is 0.267. The van der Waals surface area contributed by atoms with Crippen LogP contribution in [0.5, 0.6) is 0 Å². The third-order valence-electron chi connectivity index (χ3n) is 3.23. The van der Waals surface area contributed by atoms with Crippen molar-refractivity contribution in [2.24, 2.45) is 0 Å². The van der Waals surface area contributed by atoms with Crippen LogP contribution in [-0.4, -0.2) is 15.5 Å². The molecule has 0 spiro atoms. The summed E-state index contributed by atoms with van der Waals surface area (Å²) in [5, 5.41) is 13.2. The maximum Gasteiger partial charge on any atom is 0.288 e. The SMILES string of the molecule is Cc1nn(Cc2ccc(SC(F)F)cc2)c(=O)c(C#N)c1C. The molecule has 0 unspecified atom stereocenters. The minimum Gasteiger partial charge on any atom is -0.266 e. The summed E-state index contributed by atoms with van der Waals surface area (Å²) in [6, 6.07) is 8.38. The van der Waals surface area contributed by atoms with Crippen LogP contribution in [0, 0.1) is 25.2 Å². The van der Waals surface area contributed by atoms with E-state index in [-0.39, 0.29) is 12.1 Å². The van der Waals surface area contributed by atoms with Crippen LogP contribution in [0.15, 0.2) is 34.0 Å². The Morgan fingerprint density at radius 2 is 1.95 bits per heavy atom. The van der Waals surface area contributed by atoms with E-state index < -0.39 is 11.3 Å². The lowest BCUT2D eigenvalue weighted by Crippen LogP contribution is -2.27. The van der Waals surface area contributed by atoms with Gasteiger partial charge in [0.1, 0.15) is 11.6 Å². The third-order valence-corrected chi connectivity index (χ3v) is 3.95. The number of aromatic nitrogens is 2. The molecule has 1 aromatic carbocycles. The zero-order chi connectivity index (χ0) is 16.3. The average molecular weight is 321 g/mol. The van der Waals surface area contributed by atoms with Crippen molar-refractivity contribution in [3.8, 4) is 6.07 Å². The quantitative estimate of drug-likeness (QED) is 0.812. The van der Waals surface area contributed by atoms with E-state index in [0.29, 0.717) is 27.9 Å². The lowest BCUT2D eigenvalue weighted by molar-refractivity contribution is 0.252. The number of hydrogen-bond acceptors (Lipinski definition) is 4. The van der Waals surface area contributed by atoms with Crippen molar-refractivity contribution in [2.75, 3.05) is 0 Å². The van der Waals surface area contributed by atoms with Gasteiger partial charge in [-0.15, -0.1) is 0 Å². The van der Waals surface area contributed by atoms with Crippen LogP contribution in [-0.2, 0) is 6.54 Å². The van der Waals surface area contributed by atoms with Crippen LogP contribution in [0.4, 0.5) is 8.78 Å². The molecular weight excluding hydrogens is 308 g/mol. The summed E-state index contributed by atoms with van der Waals surface area (Å²) in [6.45, 7) is 3.60. The van der Waals surface area contributed by atoms with Gasteiger partial charge in [0.05, 0.1) is 12.2 Å². The van der Waals surface area contributed by atoms with E-state index >= 15 is 0 Å². The Bertz CT molecular complexity index is 779. The largest absolute Gasteiger partial charge is 0.288 e. The van der Waals surface area contributed by atoms with Gasteiger partial charge >= 0.3 is 0 Å². The maximum absolute atomic E-state index is 12.3. The zero-order valence-corrected chi connectivity index (χ0v) is 12.8. The molecule has 2 aromatic rings. The van der Waals surface area contributed by atoms with Crippen LogP contribution in [0.3, 0.4) is 0 Å². The van der Waals surface area contributed by atoms with Gasteiger partial charge in [-0.3, -0.25) is 4.79 Å². The highest BCUT2D eigenvalue weighted by Crippen LogP contribution is 2.25. The predicted molar refractivity (Wildman–Crippen MR) is 80.1 cm³/mol. The predicted octanol–water partition coefficient (Wildman–Crippen LogP) is 3.09. The molecule has 4 nitrogen and oxygen atoms in total. The number of aryl methyl sites for hydroxylation is 1. The summed E-state index contributed by atoms with van der Waals surface area (Å²) in [5.41, 5.74) is 1.57. The Morgan fingerprint density at radius 1 is 1.32 bits per heavy atom. The summed E-state index contributed by atoms with van der Waals surface area (Å²) >= 11 is 0.467. The molecule has 7 heteroatoms. The minimum atomic E-state index is -2.46. The van der Waals surface area contributed by atoms with Crippen molar-refractivity contribution in [1.82, 2.24) is 9.78 Å². The van der Waals surface area contributed by atoms with Crippen LogP contribution in [0.1, 0.15) is 22.4 Å². The lowest BCUT2D eigenvalue weighted by Gasteiger charge is -2.09. The normalized spacial score (nSPS) is 10.7. The molecule has 2 rings (SSSR count). The second-order valence-electron chi connectivity index (χ2n) is 4.68. The number of halogens is 2. The Morgan fingerprint density at radius 3 is 2.50 bits per heavy atom. The first-order valence-electron chi connectivity index (χ1n) is 6.44. The standard InChI is InChI=1S/C15H13F2N3OS/c1-9-10(2)19-20(14(21)13(9)7-18)8-11-3-5-12(6-4-11)22-15(16)17/h3-6,15H,8H2,1-2H3. The molecule has 0 bridgehead atoms. The average Bonchev–Trinajstić information content (AvgIpc) is 2.47. The molecule has 1 aromatic heterocycles. The van der Waals surface area contributed by atoms with Gasteiger partial charge in [0.2, 0.25) is 0 Å². The van der Waals surface area contributed by atoms with Gasteiger partial charge in [-0.25, -0.2) is 4.68 Å². The van der Waals surface area contributed by atoms with E-state index in [1.54, 1.807) is 38.1 Å². The van der Waals surface area contributed by atoms with Crippen LogP contribution in [0.25, 0.3) is 0 Å². The molecule has 0 atom stereocenters. The van der Waals surface area contributed by atoms with Crippen LogP contribution in [0.2, 0.25) is 0 Å². The van der Waals surface area contributed by atoms with Crippen molar-refractivity contribution in [1.29, 1.82) is 5.26 Å². The number of nitriles is 1. The number of alkyl halides is 2. The van der Waals surface area contributed by atoms with Crippen LogP contribution < -0.4 is 5.56 Å². The van der Waals surface area contributed by atoms with Gasteiger partial charge in [-0.1, -0.05) is 23.9 Å². The fourth-order valence-electron chi connectivity index (χ4n) is 1.96. The molecule has 0 aliphatic heterocycles. The number of hydrogen-bond donors (Lipinski definition) is 0. The molecule has 0 saturated carbocycles. The van der Waals surface area contributed by atoms with E-state index in [1.807, 2.05) is 6.07 Å². The highest BCUT2D eigenvalue weighted by Gasteiger charge is 2.12. The first-order valence-corrected chi connectivity index (χ1v) is 7.32. The third kappa shape index (κ3) is 3.52. The molecule has 1 heterocycles. The van der Waals surface area contributed by atoms with E-state index in [2.05, 4.69) is 5.10 Å². The van der Waals surface area contributed by atoms with Crippen molar-refractivity contribution >= 4 is 11.8 Å². The fourth-order valence-corrected chi connectivity index (χ4v) is 2.46. The van der Waals surface area contributed by atoms with E-state index in [9.17, 15) is 13.6 Å². The first kappa shape index (κ1) is 16.2. The molecule has 0 aliphatic rings. The second-order valence-corrected chi connectivity index (χ2v) is 5.75. The Labute approximate surface area is 130 Å². The molecule has 114 valence electrons. The second kappa shape index (κ2) is 6.71. The van der Waals surface area contributed by atoms with Crippen molar-refractivity contribution in [2.45, 2.75) is 31.0 Å². The molecule has 22 heavy (non-hydrogen) atoms. The minimum absolute atomic E-state index is 0.0809. The summed E-state index contributed by atoms with van der Waals surface area (Å²) < 4.78 is 25.7. The topological polar surface area (TPSA) is 58.7 Å². The molecule has 0 fully saturated rings. The Balaban J connectivity index is 2.30. The first-order chi connectivity index (χ1) is 10.4. The van der Waals surface area contributed by atoms with Crippen molar-refractivity contribution in [3.63, 3.8) is 0 Å². The molecule has 0 amide bonds. The Kier molecular flexibility index (Phi) is 4.93. The Hall–Kier alpha value is -2.20. The number of nitrogens with zero attached hydrogens (tertiary/aromatic N) is 3. The molecule has 0 N–H and O–H groups in total. The van der Waals surface area contributed by atoms with Gasteiger partial charge in [0.15, 0.2) is 0 Å². The van der Waals surface area contributed by atoms with Crippen molar-refractivity contribution in [3.05, 3.63) is 57.0 Å². The highest BCUT2D eigenvalue weighted by atomic mass is 32.2.